The number of hydrogen-bond acceptors (Lipinski definition) is 2. The third-order valence-corrected chi connectivity index (χ3v) is 3.38. The van der Waals surface area contributed by atoms with Crippen LogP contribution in [0.15, 0.2) is 6.20 Å². The van der Waals surface area contributed by atoms with E-state index in [9.17, 15) is 0 Å². The zero-order chi connectivity index (χ0) is 10.8. The van der Waals surface area contributed by atoms with Gasteiger partial charge >= 0.3 is 0 Å². The van der Waals surface area contributed by atoms with Crippen molar-refractivity contribution in [3.8, 4) is 0 Å². The van der Waals surface area contributed by atoms with Crippen molar-refractivity contribution in [1.29, 1.82) is 0 Å². The average Bonchev–Trinajstić information content (AvgIpc) is 2.75. The maximum atomic E-state index is 5.28. The maximum Gasteiger partial charge on any atom is 0.177 e. The minimum atomic E-state index is 0.473. The maximum absolute atomic E-state index is 5.28. The second-order valence-corrected chi connectivity index (χ2v) is 4.89. The molecule has 1 atom stereocenters. The van der Waals surface area contributed by atoms with Crippen molar-refractivity contribution >= 4 is 12.2 Å². The molecule has 15 heavy (non-hydrogen) atoms. The van der Waals surface area contributed by atoms with Gasteiger partial charge in [-0.25, -0.2) is 0 Å². The Balaban J connectivity index is 2.03. The van der Waals surface area contributed by atoms with Crippen molar-refractivity contribution < 1.29 is 0 Å². The summed E-state index contributed by atoms with van der Waals surface area (Å²) in [4.78, 5) is 5.70. The minimum absolute atomic E-state index is 0.473. The monoisotopic (exact) mass is 225 g/mol. The Hall–Kier alpha value is -0.610. The molecule has 0 radical (unpaired) electrons. The summed E-state index contributed by atoms with van der Waals surface area (Å²) < 4.78 is 3.02. The molecular formula is C11H19N3S. The van der Waals surface area contributed by atoms with E-state index < -0.39 is 0 Å². The molecule has 1 aliphatic heterocycles. The molecule has 0 saturated carbocycles. The Bertz CT molecular complexity index is 373. The molecule has 0 aliphatic carbocycles. The average molecular weight is 225 g/mol. The largest absolute Gasteiger partial charge is 0.335 e. The summed E-state index contributed by atoms with van der Waals surface area (Å²) in [7, 11) is 0. The molecule has 1 aliphatic rings. The number of aryl methyl sites for hydroxylation is 1. The molecule has 2 rings (SSSR count). The van der Waals surface area contributed by atoms with Crippen LogP contribution >= 0.6 is 12.2 Å². The molecule has 4 heteroatoms. The molecule has 2 heterocycles. The number of hydrogen-bond donors (Lipinski definition) is 1. The highest BCUT2D eigenvalue weighted by Crippen LogP contribution is 2.14. The van der Waals surface area contributed by atoms with Crippen LogP contribution in [0.3, 0.4) is 0 Å². The Morgan fingerprint density at radius 1 is 1.47 bits per heavy atom. The van der Waals surface area contributed by atoms with E-state index in [0.717, 1.165) is 17.0 Å². The molecule has 1 fully saturated rings. The van der Waals surface area contributed by atoms with Gasteiger partial charge in [0.15, 0.2) is 4.77 Å². The van der Waals surface area contributed by atoms with Gasteiger partial charge in [0, 0.05) is 24.5 Å². The highest BCUT2D eigenvalue weighted by molar-refractivity contribution is 7.71. The Labute approximate surface area is 96.1 Å². The molecule has 0 spiro atoms. The first-order chi connectivity index (χ1) is 7.16. The molecule has 1 aromatic heterocycles. The number of nitrogens with zero attached hydrogens (tertiary/aromatic N) is 2. The van der Waals surface area contributed by atoms with Crippen LogP contribution in [0.5, 0.6) is 0 Å². The Kier molecular flexibility index (Phi) is 3.26. The quantitative estimate of drug-likeness (QED) is 0.799. The molecule has 1 aromatic rings. The number of nitrogens with one attached hydrogen (secondary N) is 1. The van der Waals surface area contributed by atoms with Gasteiger partial charge in [0.1, 0.15) is 0 Å². The Morgan fingerprint density at radius 3 is 2.67 bits per heavy atom. The van der Waals surface area contributed by atoms with E-state index in [1.165, 1.54) is 25.9 Å². The van der Waals surface area contributed by atoms with Crippen molar-refractivity contribution in [3.05, 3.63) is 16.7 Å². The lowest BCUT2D eigenvalue weighted by Gasteiger charge is -2.21. The van der Waals surface area contributed by atoms with Crippen LogP contribution in [0.4, 0.5) is 0 Å². The highest BCUT2D eigenvalue weighted by Gasteiger charge is 2.15. The number of aromatic amines is 1. The molecule has 1 N–H and O–H groups in total. The molecule has 3 nitrogen and oxygen atoms in total. The molecule has 0 aromatic carbocycles. The molecular weight excluding hydrogens is 206 g/mol. The van der Waals surface area contributed by atoms with Crippen molar-refractivity contribution in [3.63, 3.8) is 0 Å². The van der Waals surface area contributed by atoms with Gasteiger partial charge in [0.2, 0.25) is 0 Å². The summed E-state index contributed by atoms with van der Waals surface area (Å²) in [5.41, 5.74) is 1.15. The standard InChI is InChI=1S/C11H19N3S/c1-9-7-14(11(15)12-9)10(2)8-13-5-3-4-6-13/h7,10H,3-6,8H2,1-2H3,(H,12,15). The van der Waals surface area contributed by atoms with Crippen LogP contribution in [0.25, 0.3) is 0 Å². The van der Waals surface area contributed by atoms with Crippen LogP contribution in [0.1, 0.15) is 31.5 Å². The lowest BCUT2D eigenvalue weighted by molar-refractivity contribution is 0.286. The van der Waals surface area contributed by atoms with E-state index in [1.54, 1.807) is 0 Å². The summed E-state index contributed by atoms with van der Waals surface area (Å²) >= 11 is 5.28. The Morgan fingerprint density at radius 2 is 2.13 bits per heavy atom. The summed E-state index contributed by atoms with van der Waals surface area (Å²) in [5, 5.41) is 0. The summed E-state index contributed by atoms with van der Waals surface area (Å²) in [6.45, 7) is 7.91. The van der Waals surface area contributed by atoms with Gasteiger partial charge in [0.05, 0.1) is 0 Å². The van der Waals surface area contributed by atoms with E-state index in [2.05, 4.69) is 34.5 Å². The van der Waals surface area contributed by atoms with E-state index in [4.69, 9.17) is 12.2 Å². The highest BCUT2D eigenvalue weighted by atomic mass is 32.1. The normalized spacial score (nSPS) is 19.6. The predicted molar refractivity (Wildman–Crippen MR) is 64.7 cm³/mol. The topological polar surface area (TPSA) is 24.0 Å². The number of likely N-dealkylation sites (tertiary alicyclic amines) is 1. The zero-order valence-corrected chi connectivity index (χ0v) is 10.3. The summed E-state index contributed by atoms with van der Waals surface area (Å²) in [6.07, 6.45) is 4.82. The minimum Gasteiger partial charge on any atom is -0.335 e. The third kappa shape index (κ3) is 2.49. The first kappa shape index (κ1) is 10.9. The fourth-order valence-corrected chi connectivity index (χ4v) is 2.68. The van der Waals surface area contributed by atoms with E-state index in [-0.39, 0.29) is 0 Å². The third-order valence-electron chi connectivity index (χ3n) is 3.07. The second-order valence-electron chi connectivity index (χ2n) is 4.51. The van der Waals surface area contributed by atoms with Gasteiger partial charge in [0.25, 0.3) is 0 Å². The first-order valence-electron chi connectivity index (χ1n) is 5.67. The molecule has 84 valence electrons. The fraction of sp³-hybridized carbons (Fsp3) is 0.727. The van der Waals surface area contributed by atoms with Crippen molar-refractivity contribution in [2.75, 3.05) is 19.6 Å². The number of H-pyrrole nitrogens is 1. The van der Waals surface area contributed by atoms with Crippen LogP contribution in [0.2, 0.25) is 0 Å². The SMILES string of the molecule is Cc1cn(C(C)CN2CCCC2)c(=S)[nH]1. The van der Waals surface area contributed by atoms with Gasteiger partial charge in [-0.15, -0.1) is 0 Å². The predicted octanol–water partition coefficient (Wildman–Crippen LogP) is 2.51. The van der Waals surface area contributed by atoms with Crippen molar-refractivity contribution in [2.24, 2.45) is 0 Å². The van der Waals surface area contributed by atoms with Gasteiger partial charge in [-0.2, -0.15) is 0 Å². The van der Waals surface area contributed by atoms with E-state index >= 15 is 0 Å². The molecule has 1 unspecified atom stereocenters. The van der Waals surface area contributed by atoms with Crippen LogP contribution in [-0.4, -0.2) is 34.1 Å². The number of imidazole rings is 1. The van der Waals surface area contributed by atoms with Crippen LogP contribution in [-0.2, 0) is 0 Å². The smallest absolute Gasteiger partial charge is 0.177 e. The molecule has 0 bridgehead atoms. The van der Waals surface area contributed by atoms with Gasteiger partial charge in [-0.05, 0) is 52.0 Å². The zero-order valence-electron chi connectivity index (χ0n) is 9.49. The van der Waals surface area contributed by atoms with Crippen molar-refractivity contribution in [2.45, 2.75) is 32.7 Å². The van der Waals surface area contributed by atoms with Crippen molar-refractivity contribution in [1.82, 2.24) is 14.5 Å². The lowest BCUT2D eigenvalue weighted by Crippen LogP contribution is -2.26. The van der Waals surface area contributed by atoms with Crippen LogP contribution < -0.4 is 0 Å². The van der Waals surface area contributed by atoms with E-state index in [0.29, 0.717) is 6.04 Å². The first-order valence-corrected chi connectivity index (χ1v) is 6.08. The van der Waals surface area contributed by atoms with Gasteiger partial charge < -0.3 is 14.5 Å². The fourth-order valence-electron chi connectivity index (χ4n) is 2.29. The van der Waals surface area contributed by atoms with Gasteiger partial charge in [-0.3, -0.25) is 0 Å². The number of rotatable bonds is 3. The summed E-state index contributed by atoms with van der Waals surface area (Å²) in [5.74, 6) is 0. The lowest BCUT2D eigenvalue weighted by atomic mass is 10.3. The number of aromatic nitrogens is 2. The van der Waals surface area contributed by atoms with Gasteiger partial charge in [-0.1, -0.05) is 0 Å². The molecule has 0 amide bonds. The molecule has 1 saturated heterocycles. The van der Waals surface area contributed by atoms with Crippen LogP contribution in [0, 0.1) is 11.7 Å². The summed E-state index contributed by atoms with van der Waals surface area (Å²) in [6, 6.07) is 0.473. The van der Waals surface area contributed by atoms with E-state index in [1.807, 2.05) is 0 Å². The second kappa shape index (κ2) is 4.49.